The Morgan fingerprint density at radius 2 is 2.12 bits per heavy atom. The van der Waals surface area contributed by atoms with Crippen molar-refractivity contribution in [2.75, 3.05) is 0 Å². The molecular formula is C11H11F2N3. The Morgan fingerprint density at radius 3 is 2.88 bits per heavy atom. The van der Waals surface area contributed by atoms with E-state index in [0.29, 0.717) is 12.1 Å². The molecule has 0 aliphatic rings. The minimum atomic E-state index is -0.429. The van der Waals surface area contributed by atoms with Crippen LogP contribution in [0.1, 0.15) is 11.1 Å². The number of benzene rings is 1. The van der Waals surface area contributed by atoms with Gasteiger partial charge in [0.05, 0.1) is 6.20 Å². The molecule has 2 aromatic rings. The van der Waals surface area contributed by atoms with Gasteiger partial charge in [-0.15, -0.1) is 0 Å². The number of rotatable bonds is 4. The van der Waals surface area contributed by atoms with Gasteiger partial charge in [0.15, 0.2) is 0 Å². The van der Waals surface area contributed by atoms with Crippen LogP contribution in [-0.2, 0) is 13.1 Å². The highest BCUT2D eigenvalue weighted by Crippen LogP contribution is 2.09. The minimum absolute atomic E-state index is 0.286. The lowest BCUT2D eigenvalue weighted by atomic mass is 10.2. The van der Waals surface area contributed by atoms with Gasteiger partial charge >= 0.3 is 0 Å². The summed E-state index contributed by atoms with van der Waals surface area (Å²) in [6.45, 7) is 0.848. The summed E-state index contributed by atoms with van der Waals surface area (Å²) in [5, 5.41) is 9.46. The van der Waals surface area contributed by atoms with E-state index >= 15 is 0 Å². The summed E-state index contributed by atoms with van der Waals surface area (Å²) in [5.41, 5.74) is 1.29. The summed E-state index contributed by atoms with van der Waals surface area (Å²) in [5.74, 6) is -0.831. The lowest BCUT2D eigenvalue weighted by Gasteiger charge is -2.04. The van der Waals surface area contributed by atoms with Gasteiger partial charge in [0, 0.05) is 30.4 Å². The fourth-order valence-corrected chi connectivity index (χ4v) is 1.39. The Bertz CT molecular complexity index is 454. The molecular weight excluding hydrogens is 212 g/mol. The van der Waals surface area contributed by atoms with Crippen molar-refractivity contribution in [3.63, 3.8) is 0 Å². The van der Waals surface area contributed by atoms with Crippen LogP contribution >= 0.6 is 0 Å². The Balaban J connectivity index is 1.92. The molecule has 0 spiro atoms. The first kappa shape index (κ1) is 10.8. The molecule has 0 fully saturated rings. The zero-order chi connectivity index (χ0) is 11.4. The summed E-state index contributed by atoms with van der Waals surface area (Å²) >= 11 is 0. The third-order valence-electron chi connectivity index (χ3n) is 2.21. The van der Waals surface area contributed by atoms with Crippen LogP contribution in [0.3, 0.4) is 0 Å². The molecule has 1 heterocycles. The lowest BCUT2D eigenvalue weighted by Crippen LogP contribution is -2.13. The average Bonchev–Trinajstić information content (AvgIpc) is 2.76. The molecule has 0 atom stereocenters. The van der Waals surface area contributed by atoms with Gasteiger partial charge in [0.1, 0.15) is 11.6 Å². The molecule has 84 valence electrons. The van der Waals surface area contributed by atoms with Crippen LogP contribution < -0.4 is 5.32 Å². The summed E-state index contributed by atoms with van der Waals surface area (Å²) in [7, 11) is 0. The molecule has 0 aliphatic carbocycles. The third-order valence-corrected chi connectivity index (χ3v) is 2.21. The molecule has 0 aliphatic heterocycles. The van der Waals surface area contributed by atoms with Gasteiger partial charge < -0.3 is 5.32 Å². The van der Waals surface area contributed by atoms with E-state index in [1.807, 2.05) is 0 Å². The van der Waals surface area contributed by atoms with Crippen LogP contribution in [0, 0.1) is 11.6 Å². The number of H-pyrrole nitrogens is 1. The normalized spacial score (nSPS) is 10.6. The second kappa shape index (κ2) is 4.85. The molecule has 16 heavy (non-hydrogen) atoms. The number of aromatic nitrogens is 2. The molecule has 0 bridgehead atoms. The SMILES string of the molecule is Fc1ccc(F)c(CNCc2cn[nH]c2)c1. The van der Waals surface area contributed by atoms with E-state index in [-0.39, 0.29) is 6.54 Å². The van der Waals surface area contributed by atoms with Crippen molar-refractivity contribution in [3.05, 3.63) is 53.4 Å². The van der Waals surface area contributed by atoms with Gasteiger partial charge in [0.25, 0.3) is 0 Å². The highest BCUT2D eigenvalue weighted by atomic mass is 19.1. The molecule has 3 nitrogen and oxygen atoms in total. The first-order valence-electron chi connectivity index (χ1n) is 4.88. The fourth-order valence-electron chi connectivity index (χ4n) is 1.39. The second-order valence-electron chi connectivity index (χ2n) is 3.45. The zero-order valence-corrected chi connectivity index (χ0v) is 8.50. The topological polar surface area (TPSA) is 40.7 Å². The largest absolute Gasteiger partial charge is 0.308 e. The average molecular weight is 223 g/mol. The molecule has 0 unspecified atom stereocenters. The van der Waals surface area contributed by atoms with Crippen molar-refractivity contribution in [3.8, 4) is 0 Å². The van der Waals surface area contributed by atoms with Crippen LogP contribution in [-0.4, -0.2) is 10.2 Å². The molecule has 2 N–H and O–H groups in total. The summed E-state index contributed by atoms with van der Waals surface area (Å²) in [4.78, 5) is 0. The van der Waals surface area contributed by atoms with Crippen LogP contribution in [0.25, 0.3) is 0 Å². The maximum Gasteiger partial charge on any atom is 0.127 e. The predicted molar refractivity (Wildman–Crippen MR) is 55.5 cm³/mol. The molecule has 0 saturated heterocycles. The van der Waals surface area contributed by atoms with Gasteiger partial charge in [-0.25, -0.2) is 8.78 Å². The predicted octanol–water partition coefficient (Wildman–Crippen LogP) is 1.98. The van der Waals surface area contributed by atoms with Crippen LogP contribution in [0.4, 0.5) is 8.78 Å². The fraction of sp³-hybridized carbons (Fsp3) is 0.182. The minimum Gasteiger partial charge on any atom is -0.308 e. The van der Waals surface area contributed by atoms with Crippen molar-refractivity contribution in [2.45, 2.75) is 13.1 Å². The number of nitrogens with zero attached hydrogens (tertiary/aromatic N) is 1. The molecule has 1 aromatic carbocycles. The van der Waals surface area contributed by atoms with Crippen molar-refractivity contribution >= 4 is 0 Å². The molecule has 5 heteroatoms. The van der Waals surface area contributed by atoms with Crippen LogP contribution in [0.2, 0.25) is 0 Å². The number of halogens is 2. The highest BCUT2D eigenvalue weighted by Gasteiger charge is 2.03. The first-order valence-corrected chi connectivity index (χ1v) is 4.88. The monoisotopic (exact) mass is 223 g/mol. The number of hydrogen-bond donors (Lipinski definition) is 2. The standard InChI is InChI=1S/C11H11F2N3/c12-10-1-2-11(13)9(3-10)7-14-4-8-5-15-16-6-8/h1-3,5-6,14H,4,7H2,(H,15,16). The van der Waals surface area contributed by atoms with E-state index in [1.54, 1.807) is 12.4 Å². The molecule has 2 rings (SSSR count). The van der Waals surface area contributed by atoms with Gasteiger partial charge in [0.2, 0.25) is 0 Å². The van der Waals surface area contributed by atoms with Gasteiger partial charge in [-0.05, 0) is 18.2 Å². The van der Waals surface area contributed by atoms with Crippen LogP contribution in [0.5, 0.6) is 0 Å². The molecule has 0 radical (unpaired) electrons. The molecule has 0 amide bonds. The van der Waals surface area contributed by atoms with Crippen molar-refractivity contribution < 1.29 is 8.78 Å². The second-order valence-corrected chi connectivity index (χ2v) is 3.45. The zero-order valence-electron chi connectivity index (χ0n) is 8.50. The van der Waals surface area contributed by atoms with E-state index in [1.165, 1.54) is 6.07 Å². The third kappa shape index (κ3) is 2.64. The van der Waals surface area contributed by atoms with E-state index in [4.69, 9.17) is 0 Å². The molecule has 1 aromatic heterocycles. The van der Waals surface area contributed by atoms with Crippen LogP contribution in [0.15, 0.2) is 30.6 Å². The van der Waals surface area contributed by atoms with Gasteiger partial charge in [-0.1, -0.05) is 0 Å². The number of aromatic amines is 1. The summed E-state index contributed by atoms with van der Waals surface area (Å²) < 4.78 is 26.0. The Hall–Kier alpha value is -1.75. The van der Waals surface area contributed by atoms with E-state index in [9.17, 15) is 8.78 Å². The highest BCUT2D eigenvalue weighted by molar-refractivity contribution is 5.18. The van der Waals surface area contributed by atoms with Crippen molar-refractivity contribution in [2.24, 2.45) is 0 Å². The maximum absolute atomic E-state index is 13.2. The van der Waals surface area contributed by atoms with E-state index in [2.05, 4.69) is 15.5 Å². The van der Waals surface area contributed by atoms with Gasteiger partial charge in [-0.3, -0.25) is 5.10 Å². The van der Waals surface area contributed by atoms with Crippen molar-refractivity contribution in [1.82, 2.24) is 15.5 Å². The Kier molecular flexibility index (Phi) is 3.26. The van der Waals surface area contributed by atoms with Gasteiger partial charge in [-0.2, -0.15) is 5.10 Å². The number of nitrogens with one attached hydrogen (secondary N) is 2. The van der Waals surface area contributed by atoms with E-state index < -0.39 is 11.6 Å². The lowest BCUT2D eigenvalue weighted by molar-refractivity contribution is 0.568. The van der Waals surface area contributed by atoms with E-state index in [0.717, 1.165) is 17.7 Å². The molecule has 0 saturated carbocycles. The number of hydrogen-bond acceptors (Lipinski definition) is 2. The smallest absolute Gasteiger partial charge is 0.127 e. The first-order chi connectivity index (χ1) is 7.75. The summed E-state index contributed by atoms with van der Waals surface area (Å²) in [6, 6.07) is 3.43. The maximum atomic E-state index is 13.2. The Labute approximate surface area is 91.5 Å². The summed E-state index contributed by atoms with van der Waals surface area (Å²) in [6.07, 6.45) is 3.42. The quantitative estimate of drug-likeness (QED) is 0.832. The Morgan fingerprint density at radius 1 is 1.25 bits per heavy atom. The van der Waals surface area contributed by atoms with Crippen molar-refractivity contribution in [1.29, 1.82) is 0 Å².